The van der Waals surface area contributed by atoms with Gasteiger partial charge in [0.05, 0.1) is 16.4 Å². The molecule has 0 saturated heterocycles. The Bertz CT molecular complexity index is 1990. The molecule has 2 heterocycles. The van der Waals surface area contributed by atoms with Crippen LogP contribution in [0.25, 0.3) is 0 Å². The van der Waals surface area contributed by atoms with Crippen molar-refractivity contribution < 1.29 is 40.8 Å². The molecule has 1 aromatic heterocycles. The van der Waals surface area contributed by atoms with E-state index in [0.29, 0.717) is 23.4 Å². The summed E-state index contributed by atoms with van der Waals surface area (Å²) in [5, 5.41) is 2.23. The number of sulfonamides is 1. The predicted molar refractivity (Wildman–Crippen MR) is 197 cm³/mol. The summed E-state index contributed by atoms with van der Waals surface area (Å²) in [7, 11) is -5.81. The Hall–Kier alpha value is -4.46. The molecule has 1 unspecified atom stereocenters. The Morgan fingerprint density at radius 1 is 0.981 bits per heavy atom. The number of alkyl halides is 3. The molecular weight excluding hydrogens is 735 g/mol. The number of anilines is 2. The van der Waals surface area contributed by atoms with Crippen LogP contribution in [0.15, 0.2) is 47.5 Å². The van der Waals surface area contributed by atoms with Crippen molar-refractivity contribution in [1.82, 2.24) is 9.47 Å². The first-order valence-electron chi connectivity index (χ1n) is 17.5. The fourth-order valence-corrected chi connectivity index (χ4v) is 7.30. The molecule has 0 aliphatic carbocycles. The quantitative estimate of drug-likeness (QED) is 0.0409. The number of rotatable bonds is 19. The molecule has 2 N–H and O–H groups in total. The lowest BCUT2D eigenvalue weighted by Crippen LogP contribution is -2.49. The van der Waals surface area contributed by atoms with Crippen LogP contribution in [-0.2, 0) is 32.7 Å². The Labute approximate surface area is 312 Å². The molecule has 16 heteroatoms. The van der Waals surface area contributed by atoms with E-state index in [2.05, 4.69) is 17.2 Å². The fourth-order valence-electron chi connectivity index (χ4n) is 6.58. The van der Waals surface area contributed by atoms with Gasteiger partial charge in [-0.05, 0) is 50.1 Å². The molecule has 1 aliphatic rings. The first-order chi connectivity index (χ1) is 25.1. The summed E-state index contributed by atoms with van der Waals surface area (Å²) < 4.78 is 65.8. The number of benzene rings is 2. The second-order valence-corrected chi connectivity index (χ2v) is 15.1. The maximum atomic E-state index is 14.6. The van der Waals surface area contributed by atoms with Gasteiger partial charge in [0.15, 0.2) is 11.8 Å². The number of carbonyl (C=O) groups excluding carboxylic acids is 4. The van der Waals surface area contributed by atoms with Crippen molar-refractivity contribution in [3.05, 3.63) is 75.4 Å². The SMILES string of the molecule is CCCCCCCCCCCCn1c(C)c(C(=O)C(C(=O)Nc2cc(NS(=O)(=O)C(F)(F)F)ccc2Cl)N2Cc3ccccc3C2=O)c(C)c1N=C=O. The molecular formula is C37H43ClF3N5O6S. The van der Waals surface area contributed by atoms with Crippen molar-refractivity contribution >= 4 is 62.5 Å². The van der Waals surface area contributed by atoms with E-state index in [-0.39, 0.29) is 34.2 Å². The van der Waals surface area contributed by atoms with Crippen molar-refractivity contribution in [3.8, 4) is 0 Å². The third-order valence-corrected chi connectivity index (χ3v) is 10.7. The smallest absolute Gasteiger partial charge is 0.329 e. The lowest BCUT2D eigenvalue weighted by Gasteiger charge is -2.26. The fraction of sp³-hybridized carbons (Fsp3) is 0.459. The molecule has 4 rings (SSSR count). The predicted octanol–water partition coefficient (Wildman–Crippen LogP) is 8.75. The molecule has 1 atom stereocenters. The number of nitrogens with one attached hydrogen (secondary N) is 2. The lowest BCUT2D eigenvalue weighted by atomic mass is 9.98. The van der Waals surface area contributed by atoms with E-state index in [9.17, 15) is 40.8 Å². The van der Waals surface area contributed by atoms with E-state index in [1.54, 1.807) is 48.8 Å². The highest BCUT2D eigenvalue weighted by Gasteiger charge is 2.46. The van der Waals surface area contributed by atoms with Gasteiger partial charge in [0.2, 0.25) is 6.08 Å². The Morgan fingerprint density at radius 2 is 1.60 bits per heavy atom. The molecule has 0 saturated carbocycles. The molecule has 53 heavy (non-hydrogen) atoms. The maximum absolute atomic E-state index is 14.6. The van der Waals surface area contributed by atoms with Crippen molar-refractivity contribution in [2.75, 3.05) is 10.0 Å². The van der Waals surface area contributed by atoms with E-state index in [0.717, 1.165) is 55.2 Å². The first kappa shape index (κ1) is 41.3. The molecule has 0 spiro atoms. The van der Waals surface area contributed by atoms with E-state index >= 15 is 0 Å². The van der Waals surface area contributed by atoms with Gasteiger partial charge >= 0.3 is 15.5 Å². The number of nitrogens with zero attached hydrogens (tertiary/aromatic N) is 3. The number of aromatic nitrogens is 1. The molecule has 11 nitrogen and oxygen atoms in total. The number of ketones is 1. The van der Waals surface area contributed by atoms with Crippen LogP contribution in [-0.4, -0.2) is 53.1 Å². The van der Waals surface area contributed by atoms with Crippen molar-refractivity contribution in [1.29, 1.82) is 0 Å². The number of Topliss-reactive ketones (excluding diaryl/α,β-unsaturated/α-hetero) is 1. The zero-order valence-corrected chi connectivity index (χ0v) is 31.4. The van der Waals surface area contributed by atoms with Crippen LogP contribution in [0.1, 0.15) is 109 Å². The Morgan fingerprint density at radius 3 is 2.21 bits per heavy atom. The third-order valence-electron chi connectivity index (χ3n) is 9.30. The van der Waals surface area contributed by atoms with Crippen LogP contribution >= 0.6 is 11.6 Å². The van der Waals surface area contributed by atoms with Crippen LogP contribution in [0.2, 0.25) is 5.02 Å². The third kappa shape index (κ3) is 9.75. The minimum absolute atomic E-state index is 0.0628. The molecule has 2 aromatic carbocycles. The second-order valence-electron chi connectivity index (χ2n) is 13.0. The van der Waals surface area contributed by atoms with Gasteiger partial charge in [0.1, 0.15) is 5.82 Å². The van der Waals surface area contributed by atoms with Gasteiger partial charge in [0.25, 0.3) is 11.8 Å². The molecule has 2 amide bonds. The highest BCUT2D eigenvalue weighted by Crippen LogP contribution is 2.35. The summed E-state index contributed by atoms with van der Waals surface area (Å²) in [6.45, 7) is 5.73. The number of aliphatic imine (C=N–C) groups is 1. The summed E-state index contributed by atoms with van der Waals surface area (Å²) in [4.78, 5) is 58.9. The maximum Gasteiger partial charge on any atom is 0.516 e. The summed E-state index contributed by atoms with van der Waals surface area (Å²) >= 11 is 6.26. The molecule has 0 radical (unpaired) electrons. The van der Waals surface area contributed by atoms with Gasteiger partial charge < -0.3 is 14.8 Å². The summed E-state index contributed by atoms with van der Waals surface area (Å²) in [5.41, 5.74) is -4.90. The Balaban J connectivity index is 1.63. The van der Waals surface area contributed by atoms with E-state index in [1.165, 1.54) is 36.8 Å². The van der Waals surface area contributed by atoms with Gasteiger partial charge in [-0.1, -0.05) is 94.5 Å². The van der Waals surface area contributed by atoms with Gasteiger partial charge in [0, 0.05) is 35.5 Å². The molecule has 286 valence electrons. The number of hydrogen-bond acceptors (Lipinski definition) is 7. The average molecular weight is 778 g/mol. The standard InChI is InChI=1S/C37H43ClF3N5O6S/c1-4-5-6-7-8-9-10-11-12-15-20-45-25(3)31(24(2)34(45)42-23-47)33(48)32(46-22-26-16-13-14-17-28(26)36(46)50)35(49)43-30-21-27(18-19-29(30)38)44-53(51,52)37(39,40)41/h13-14,16-19,21,32,44H,4-12,15,20,22H2,1-3H3,(H,43,49). The molecule has 1 aliphatic heterocycles. The van der Waals surface area contributed by atoms with Crippen LogP contribution in [0, 0.1) is 13.8 Å². The van der Waals surface area contributed by atoms with Gasteiger partial charge in [-0.2, -0.15) is 21.6 Å². The van der Waals surface area contributed by atoms with Crippen molar-refractivity contribution in [3.63, 3.8) is 0 Å². The number of amides is 2. The van der Waals surface area contributed by atoms with E-state index < -0.39 is 44.9 Å². The number of unbranched alkanes of at least 4 members (excludes halogenated alkanes) is 9. The minimum atomic E-state index is -5.81. The number of halogens is 4. The van der Waals surface area contributed by atoms with Crippen LogP contribution in [0.4, 0.5) is 30.4 Å². The first-order valence-corrected chi connectivity index (χ1v) is 19.4. The Kier molecular flexibility index (Phi) is 14.1. The van der Waals surface area contributed by atoms with E-state index in [1.807, 2.05) is 0 Å². The van der Waals surface area contributed by atoms with Gasteiger partial charge in [-0.3, -0.25) is 19.1 Å². The van der Waals surface area contributed by atoms with Crippen LogP contribution < -0.4 is 10.0 Å². The summed E-state index contributed by atoms with van der Waals surface area (Å²) in [6.07, 6.45) is 12.6. The highest BCUT2D eigenvalue weighted by atomic mass is 35.5. The van der Waals surface area contributed by atoms with Gasteiger partial charge in [-0.25, -0.2) is 4.79 Å². The zero-order valence-electron chi connectivity index (χ0n) is 29.8. The highest BCUT2D eigenvalue weighted by molar-refractivity contribution is 7.93. The average Bonchev–Trinajstić information content (AvgIpc) is 3.54. The second kappa shape index (κ2) is 18.0. The van der Waals surface area contributed by atoms with Crippen LogP contribution in [0.3, 0.4) is 0 Å². The number of isocyanates is 1. The van der Waals surface area contributed by atoms with Crippen LogP contribution in [0.5, 0.6) is 0 Å². The molecule has 3 aromatic rings. The zero-order chi connectivity index (χ0) is 38.9. The van der Waals surface area contributed by atoms with Crippen molar-refractivity contribution in [2.24, 2.45) is 4.99 Å². The minimum Gasteiger partial charge on any atom is -0.329 e. The number of fused-ring (bicyclic) bond motifs is 1. The topological polar surface area (TPSA) is 147 Å². The normalized spacial score (nSPS) is 13.4. The van der Waals surface area contributed by atoms with Crippen molar-refractivity contribution in [2.45, 2.75) is 110 Å². The van der Waals surface area contributed by atoms with Gasteiger partial charge in [-0.15, -0.1) is 4.99 Å². The van der Waals surface area contributed by atoms with E-state index in [4.69, 9.17) is 11.6 Å². The summed E-state index contributed by atoms with van der Waals surface area (Å²) in [5.74, 6) is -2.28. The largest absolute Gasteiger partial charge is 0.516 e. The molecule has 0 bridgehead atoms. The lowest BCUT2D eigenvalue weighted by molar-refractivity contribution is -0.119. The number of carbonyl (C=O) groups is 3. The monoisotopic (exact) mass is 777 g/mol. The summed E-state index contributed by atoms with van der Waals surface area (Å²) in [6, 6.07) is 7.63. The molecule has 0 fully saturated rings. The number of hydrogen-bond donors (Lipinski definition) is 2.